The van der Waals surface area contributed by atoms with E-state index in [-0.39, 0.29) is 10.8 Å². The molecule has 4 rings (SSSR count). The predicted octanol–water partition coefficient (Wildman–Crippen LogP) is 4.22. The Morgan fingerprint density at radius 1 is 0.966 bits per heavy atom. The zero-order chi connectivity index (χ0) is 20.6. The maximum absolute atomic E-state index is 12.9. The van der Waals surface area contributed by atoms with Crippen LogP contribution in [0.1, 0.15) is 35.3 Å². The number of nitrogens with zero attached hydrogens (tertiary/aromatic N) is 1. The fourth-order valence-electron chi connectivity index (χ4n) is 4.06. The first-order valence-electron chi connectivity index (χ1n) is 9.90. The molecule has 3 aromatic rings. The first-order valence-corrected chi connectivity index (χ1v) is 11.3. The van der Waals surface area contributed by atoms with Gasteiger partial charge in [-0.3, -0.25) is 4.79 Å². The number of aryl methyl sites for hydroxylation is 2. The summed E-state index contributed by atoms with van der Waals surface area (Å²) in [5.74, 6) is -0.319. The van der Waals surface area contributed by atoms with Crippen LogP contribution in [-0.2, 0) is 22.9 Å². The van der Waals surface area contributed by atoms with Gasteiger partial charge >= 0.3 is 0 Å². The number of carbonyl (C=O) groups excluding carboxylic acids is 1. The lowest BCUT2D eigenvalue weighted by atomic mass is 10.0. The molecule has 0 heterocycles. The van der Waals surface area contributed by atoms with Crippen LogP contribution in [0.4, 0.5) is 5.69 Å². The first-order chi connectivity index (χ1) is 14.0. The van der Waals surface area contributed by atoms with Crippen LogP contribution in [0.2, 0.25) is 0 Å². The Hall–Kier alpha value is -2.70. The minimum absolute atomic E-state index is 0.134. The van der Waals surface area contributed by atoms with Crippen LogP contribution in [0.5, 0.6) is 0 Å². The largest absolute Gasteiger partial charge is 0.321 e. The maximum Gasteiger partial charge on any atom is 0.255 e. The molecule has 0 radical (unpaired) electrons. The molecule has 0 aliphatic heterocycles. The molecule has 5 nitrogen and oxygen atoms in total. The van der Waals surface area contributed by atoms with Gasteiger partial charge in [0.1, 0.15) is 0 Å². The van der Waals surface area contributed by atoms with Gasteiger partial charge in [0.25, 0.3) is 5.91 Å². The second-order valence-electron chi connectivity index (χ2n) is 7.18. The van der Waals surface area contributed by atoms with Gasteiger partial charge in [-0.1, -0.05) is 44.2 Å². The normalized spacial score (nSPS) is 13.2. The molecule has 0 atom stereocenters. The van der Waals surface area contributed by atoms with E-state index in [2.05, 4.69) is 17.4 Å². The number of carbonyl (C=O) groups is 1. The van der Waals surface area contributed by atoms with Crippen molar-refractivity contribution in [2.45, 2.75) is 31.6 Å². The van der Waals surface area contributed by atoms with E-state index in [0.29, 0.717) is 18.7 Å². The molecular weight excluding hydrogens is 384 g/mol. The van der Waals surface area contributed by atoms with Gasteiger partial charge < -0.3 is 5.32 Å². The summed E-state index contributed by atoms with van der Waals surface area (Å²) in [4.78, 5) is 13.0. The zero-order valence-corrected chi connectivity index (χ0v) is 17.4. The molecule has 1 aliphatic carbocycles. The van der Waals surface area contributed by atoms with Crippen molar-refractivity contribution in [3.63, 3.8) is 0 Å². The van der Waals surface area contributed by atoms with Crippen LogP contribution in [0.3, 0.4) is 0 Å². The van der Waals surface area contributed by atoms with Gasteiger partial charge in [0.05, 0.1) is 4.90 Å². The first kappa shape index (κ1) is 19.6. The summed E-state index contributed by atoms with van der Waals surface area (Å²) in [6, 6.07) is 16.4. The summed E-state index contributed by atoms with van der Waals surface area (Å²) in [5.41, 5.74) is 3.68. The van der Waals surface area contributed by atoms with Gasteiger partial charge in [0, 0.05) is 29.7 Å². The van der Waals surface area contributed by atoms with Crippen LogP contribution >= 0.6 is 0 Å². The molecule has 0 unspecified atom stereocenters. The molecule has 0 fully saturated rings. The minimum Gasteiger partial charge on any atom is -0.321 e. The number of hydrogen-bond acceptors (Lipinski definition) is 3. The van der Waals surface area contributed by atoms with Crippen LogP contribution in [0, 0.1) is 0 Å². The lowest BCUT2D eigenvalue weighted by Crippen LogP contribution is -2.30. The molecular formula is C23H24N2O3S. The van der Waals surface area contributed by atoms with Crippen molar-refractivity contribution >= 4 is 32.4 Å². The minimum atomic E-state index is -3.61. The van der Waals surface area contributed by atoms with E-state index in [1.165, 1.54) is 33.0 Å². The van der Waals surface area contributed by atoms with E-state index in [1.54, 1.807) is 26.0 Å². The van der Waals surface area contributed by atoms with Gasteiger partial charge in [0.15, 0.2) is 0 Å². The summed E-state index contributed by atoms with van der Waals surface area (Å²) in [5, 5.41) is 5.22. The molecule has 1 N–H and O–H groups in total. The number of benzene rings is 3. The molecule has 0 saturated carbocycles. The van der Waals surface area contributed by atoms with E-state index < -0.39 is 10.0 Å². The van der Waals surface area contributed by atoms with E-state index in [9.17, 15) is 13.2 Å². The Kier molecular flexibility index (Phi) is 5.15. The van der Waals surface area contributed by atoms with Crippen molar-refractivity contribution in [2.24, 2.45) is 0 Å². The Morgan fingerprint density at radius 2 is 1.66 bits per heavy atom. The van der Waals surface area contributed by atoms with E-state index in [0.717, 1.165) is 23.9 Å². The van der Waals surface area contributed by atoms with E-state index >= 15 is 0 Å². The Morgan fingerprint density at radius 3 is 2.38 bits per heavy atom. The molecule has 1 aliphatic rings. The summed E-state index contributed by atoms with van der Waals surface area (Å²) >= 11 is 0. The summed E-state index contributed by atoms with van der Waals surface area (Å²) in [6.45, 7) is 4.37. The van der Waals surface area contributed by atoms with Gasteiger partial charge in [-0.15, -0.1) is 0 Å². The Bertz CT molecular complexity index is 1190. The molecule has 6 heteroatoms. The van der Waals surface area contributed by atoms with Crippen LogP contribution in [0.15, 0.2) is 59.5 Å². The van der Waals surface area contributed by atoms with Crippen molar-refractivity contribution in [1.82, 2.24) is 4.31 Å². The van der Waals surface area contributed by atoms with E-state index in [4.69, 9.17) is 0 Å². The second-order valence-corrected chi connectivity index (χ2v) is 9.12. The van der Waals surface area contributed by atoms with Crippen molar-refractivity contribution in [3.8, 4) is 0 Å². The highest BCUT2D eigenvalue weighted by Crippen LogP contribution is 2.35. The average Bonchev–Trinajstić information content (AvgIpc) is 3.15. The molecule has 0 saturated heterocycles. The van der Waals surface area contributed by atoms with Crippen molar-refractivity contribution in [3.05, 3.63) is 71.3 Å². The molecule has 3 aromatic carbocycles. The van der Waals surface area contributed by atoms with E-state index in [1.807, 2.05) is 18.2 Å². The number of nitrogens with one attached hydrogen (secondary N) is 1. The molecule has 0 bridgehead atoms. The standard InChI is InChI=1S/C23H24N2O3S/c1-3-25(4-2)29(27,28)19-9-5-8-18(15-19)23(26)24-21-14-13-17-12-11-16-7-6-10-20(21)22(16)17/h5-10,13-15H,3-4,11-12H2,1-2H3,(H,24,26). The van der Waals surface area contributed by atoms with Gasteiger partial charge in [-0.25, -0.2) is 8.42 Å². The number of rotatable bonds is 6. The molecule has 0 aromatic heterocycles. The number of anilines is 1. The topological polar surface area (TPSA) is 66.5 Å². The van der Waals surface area contributed by atoms with Crippen molar-refractivity contribution in [2.75, 3.05) is 18.4 Å². The van der Waals surface area contributed by atoms with Crippen LogP contribution in [-0.4, -0.2) is 31.7 Å². The van der Waals surface area contributed by atoms with Crippen molar-refractivity contribution < 1.29 is 13.2 Å². The lowest BCUT2D eigenvalue weighted by Gasteiger charge is -2.18. The van der Waals surface area contributed by atoms with Crippen molar-refractivity contribution in [1.29, 1.82) is 0 Å². The third kappa shape index (κ3) is 3.43. The number of sulfonamides is 1. The van der Waals surface area contributed by atoms with Gasteiger partial charge in [0.2, 0.25) is 10.0 Å². The maximum atomic E-state index is 12.9. The quantitative estimate of drug-likeness (QED) is 0.664. The third-order valence-corrected chi connectivity index (χ3v) is 7.61. The smallest absolute Gasteiger partial charge is 0.255 e. The summed E-state index contributed by atoms with van der Waals surface area (Å²) < 4.78 is 26.9. The Labute approximate surface area is 171 Å². The molecule has 29 heavy (non-hydrogen) atoms. The summed E-state index contributed by atoms with van der Waals surface area (Å²) in [7, 11) is -3.61. The summed E-state index contributed by atoms with van der Waals surface area (Å²) in [6.07, 6.45) is 2.05. The highest BCUT2D eigenvalue weighted by atomic mass is 32.2. The SMILES string of the molecule is CCN(CC)S(=O)(=O)c1cccc(C(=O)Nc2ccc3c4c(cccc24)CC3)c1. The highest BCUT2D eigenvalue weighted by Gasteiger charge is 2.23. The lowest BCUT2D eigenvalue weighted by molar-refractivity contribution is 0.102. The number of amides is 1. The van der Waals surface area contributed by atoms with Gasteiger partial charge in [-0.05, 0) is 53.6 Å². The fourth-order valence-corrected chi connectivity index (χ4v) is 5.57. The molecule has 1 amide bonds. The number of hydrogen-bond donors (Lipinski definition) is 1. The predicted molar refractivity (Wildman–Crippen MR) is 116 cm³/mol. The molecule has 150 valence electrons. The Balaban J connectivity index is 1.67. The fraction of sp³-hybridized carbons (Fsp3) is 0.261. The average molecular weight is 409 g/mol. The third-order valence-electron chi connectivity index (χ3n) is 5.56. The zero-order valence-electron chi connectivity index (χ0n) is 16.6. The van der Waals surface area contributed by atoms with Crippen LogP contribution < -0.4 is 5.32 Å². The van der Waals surface area contributed by atoms with Crippen LogP contribution in [0.25, 0.3) is 10.8 Å². The monoisotopic (exact) mass is 408 g/mol. The molecule has 0 spiro atoms. The second kappa shape index (κ2) is 7.61. The highest BCUT2D eigenvalue weighted by molar-refractivity contribution is 7.89. The van der Waals surface area contributed by atoms with Gasteiger partial charge in [-0.2, -0.15) is 4.31 Å².